The summed E-state index contributed by atoms with van der Waals surface area (Å²) >= 11 is 0. The Morgan fingerprint density at radius 2 is 1.64 bits per heavy atom. The second-order valence-corrected chi connectivity index (χ2v) is 7.93. The van der Waals surface area contributed by atoms with Gasteiger partial charge in [0.15, 0.2) is 0 Å². The maximum atomic E-state index is 13.3. The second kappa shape index (κ2) is 9.34. The van der Waals surface area contributed by atoms with E-state index in [0.717, 1.165) is 21.6 Å². The molecular weight excluding hydrogens is 463 g/mol. The number of hydrogen-bond donors (Lipinski definition) is 1. The van der Waals surface area contributed by atoms with Crippen LogP contribution in [0.2, 0.25) is 0 Å². The third kappa shape index (κ3) is 4.27. The molecule has 1 N–H and O–H groups in total. The molecule has 8 heteroatoms. The predicted octanol–water partition coefficient (Wildman–Crippen LogP) is 6.90. The highest BCUT2D eigenvalue weighted by Gasteiger charge is 2.27. The van der Waals surface area contributed by atoms with Gasteiger partial charge in [0.05, 0.1) is 18.4 Å². The first-order valence-electron chi connectivity index (χ1n) is 10.9. The van der Waals surface area contributed by atoms with E-state index < -0.39 is 12.1 Å². The number of benzene rings is 3. The van der Waals surface area contributed by atoms with Crippen LogP contribution < -0.4 is 4.90 Å². The van der Waals surface area contributed by atoms with Crippen molar-refractivity contribution in [3.63, 3.8) is 0 Å². The summed E-state index contributed by atoms with van der Waals surface area (Å²) in [6.07, 6.45) is 2.43. The topological polar surface area (TPSA) is 92.9 Å². The number of nitrogens with zero attached hydrogens (tertiary/aromatic N) is 2. The highest BCUT2D eigenvalue weighted by Crippen LogP contribution is 2.37. The fourth-order valence-electron chi connectivity index (χ4n) is 3.98. The number of pyridine rings is 1. The molecule has 0 aliphatic carbocycles. The number of carbonyl (C=O) groups is 2. The SMILES string of the molecule is COC(=O)N(c1cc2cc(-c3ccc(F)cc3)ccc2o1)c1ccc(-c2cccnc2)cc1C(=O)O. The molecule has 2 aromatic heterocycles. The van der Waals surface area contributed by atoms with E-state index in [1.54, 1.807) is 48.8 Å². The molecule has 0 saturated heterocycles. The van der Waals surface area contributed by atoms with Gasteiger partial charge in [0.2, 0.25) is 5.88 Å². The largest absolute Gasteiger partial charge is 0.478 e. The van der Waals surface area contributed by atoms with Crippen LogP contribution in [-0.2, 0) is 4.74 Å². The number of halogens is 1. The smallest absolute Gasteiger partial charge is 0.421 e. The van der Waals surface area contributed by atoms with Crippen LogP contribution in [0.25, 0.3) is 33.2 Å². The lowest BCUT2D eigenvalue weighted by molar-refractivity contribution is 0.0698. The quantitative estimate of drug-likeness (QED) is 0.293. The Balaban J connectivity index is 1.61. The highest BCUT2D eigenvalue weighted by molar-refractivity contribution is 6.05. The number of aromatic carboxylic acids is 1. The molecule has 5 aromatic rings. The molecule has 0 bridgehead atoms. The summed E-state index contributed by atoms with van der Waals surface area (Å²) in [5.74, 6) is -1.47. The third-order valence-electron chi connectivity index (χ3n) is 5.72. The fourth-order valence-corrected chi connectivity index (χ4v) is 3.98. The van der Waals surface area contributed by atoms with Crippen molar-refractivity contribution in [1.29, 1.82) is 0 Å². The predicted molar refractivity (Wildman–Crippen MR) is 133 cm³/mol. The number of ether oxygens (including phenoxy) is 1. The molecule has 1 amide bonds. The van der Waals surface area contributed by atoms with Crippen LogP contribution >= 0.6 is 0 Å². The van der Waals surface area contributed by atoms with Crippen LogP contribution in [0.1, 0.15) is 10.4 Å². The summed E-state index contributed by atoms with van der Waals surface area (Å²) < 4.78 is 24.2. The zero-order chi connectivity index (χ0) is 25.2. The minimum absolute atomic E-state index is 0.0832. The minimum atomic E-state index is -1.22. The van der Waals surface area contributed by atoms with E-state index in [4.69, 9.17) is 9.15 Å². The van der Waals surface area contributed by atoms with Gasteiger partial charge >= 0.3 is 12.1 Å². The molecule has 36 heavy (non-hydrogen) atoms. The van der Waals surface area contributed by atoms with E-state index in [1.807, 2.05) is 18.2 Å². The standard InChI is InChI=1S/C28H19FN2O5/c1-35-28(34)31(24-10-6-19(14-23(24)27(32)33)20-3-2-12-30-16-20)26-15-21-13-18(7-11-25(21)36-26)17-4-8-22(29)9-5-17/h2-16H,1H3,(H,32,33). The number of carboxylic acid groups (broad SMARTS) is 1. The van der Waals surface area contributed by atoms with Gasteiger partial charge in [0.1, 0.15) is 11.4 Å². The Morgan fingerprint density at radius 3 is 2.33 bits per heavy atom. The summed E-state index contributed by atoms with van der Waals surface area (Å²) in [6.45, 7) is 0. The molecule has 5 rings (SSSR count). The molecule has 2 heterocycles. The molecule has 7 nitrogen and oxygen atoms in total. The van der Waals surface area contributed by atoms with Crippen molar-refractivity contribution in [3.05, 3.63) is 103 Å². The summed E-state index contributed by atoms with van der Waals surface area (Å²) in [6, 6.07) is 21.4. The maximum absolute atomic E-state index is 13.3. The van der Waals surface area contributed by atoms with Crippen molar-refractivity contribution in [2.45, 2.75) is 0 Å². The van der Waals surface area contributed by atoms with Crippen molar-refractivity contribution < 1.29 is 28.2 Å². The Morgan fingerprint density at radius 1 is 0.917 bits per heavy atom. The van der Waals surface area contributed by atoms with Gasteiger partial charge in [-0.05, 0) is 59.2 Å². The Bertz CT molecular complexity index is 1580. The maximum Gasteiger partial charge on any atom is 0.421 e. The van der Waals surface area contributed by atoms with Gasteiger partial charge in [-0.3, -0.25) is 4.98 Å². The molecule has 0 aliphatic heterocycles. The van der Waals surface area contributed by atoms with Gasteiger partial charge < -0.3 is 14.3 Å². The second-order valence-electron chi connectivity index (χ2n) is 7.93. The summed E-state index contributed by atoms with van der Waals surface area (Å²) in [7, 11) is 1.20. The van der Waals surface area contributed by atoms with E-state index >= 15 is 0 Å². The van der Waals surface area contributed by atoms with E-state index in [-0.39, 0.29) is 23.0 Å². The Kier molecular flexibility index (Phi) is 5.92. The van der Waals surface area contributed by atoms with E-state index in [1.165, 1.54) is 31.4 Å². The van der Waals surface area contributed by atoms with Crippen molar-refractivity contribution in [1.82, 2.24) is 4.98 Å². The lowest BCUT2D eigenvalue weighted by atomic mass is 10.0. The van der Waals surface area contributed by atoms with Gasteiger partial charge in [-0.2, -0.15) is 0 Å². The molecule has 3 aromatic carbocycles. The number of carboxylic acids is 1. The van der Waals surface area contributed by atoms with Gasteiger partial charge in [0, 0.05) is 29.4 Å². The first-order chi connectivity index (χ1) is 17.4. The number of methoxy groups -OCH3 is 1. The lowest BCUT2D eigenvalue weighted by Gasteiger charge is -2.20. The van der Waals surface area contributed by atoms with Crippen molar-refractivity contribution in [3.8, 4) is 22.3 Å². The first kappa shape index (κ1) is 22.8. The molecular formula is C28H19FN2O5. The van der Waals surface area contributed by atoms with Crippen LogP contribution in [0.3, 0.4) is 0 Å². The molecule has 0 spiro atoms. The number of amides is 1. The zero-order valence-corrected chi connectivity index (χ0v) is 19.0. The monoisotopic (exact) mass is 482 g/mol. The normalized spacial score (nSPS) is 10.8. The van der Waals surface area contributed by atoms with Crippen LogP contribution in [0.4, 0.5) is 20.8 Å². The number of rotatable bonds is 5. The van der Waals surface area contributed by atoms with Crippen LogP contribution in [0.5, 0.6) is 0 Å². The van der Waals surface area contributed by atoms with E-state index in [2.05, 4.69) is 4.98 Å². The van der Waals surface area contributed by atoms with E-state index in [0.29, 0.717) is 16.5 Å². The molecule has 0 aliphatic rings. The molecule has 0 fully saturated rings. The fraction of sp³-hybridized carbons (Fsp3) is 0.0357. The van der Waals surface area contributed by atoms with Crippen molar-refractivity contribution in [2.75, 3.05) is 12.0 Å². The molecule has 0 radical (unpaired) electrons. The Hall–Kier alpha value is -4.98. The lowest BCUT2D eigenvalue weighted by Crippen LogP contribution is -2.27. The number of furan rings is 1. The number of aromatic nitrogens is 1. The third-order valence-corrected chi connectivity index (χ3v) is 5.72. The zero-order valence-electron chi connectivity index (χ0n) is 19.0. The molecule has 178 valence electrons. The van der Waals surface area contributed by atoms with Gasteiger partial charge in [-0.1, -0.05) is 30.3 Å². The van der Waals surface area contributed by atoms with Crippen LogP contribution in [0.15, 0.2) is 95.7 Å². The minimum Gasteiger partial charge on any atom is -0.478 e. The highest BCUT2D eigenvalue weighted by atomic mass is 19.1. The summed E-state index contributed by atoms with van der Waals surface area (Å²) in [4.78, 5) is 30.2. The van der Waals surface area contributed by atoms with Crippen LogP contribution in [-0.4, -0.2) is 29.3 Å². The van der Waals surface area contributed by atoms with Crippen molar-refractivity contribution >= 4 is 34.6 Å². The van der Waals surface area contributed by atoms with Gasteiger partial charge in [0.25, 0.3) is 0 Å². The summed E-state index contributed by atoms with van der Waals surface area (Å²) in [5, 5.41) is 10.6. The number of fused-ring (bicyclic) bond motifs is 1. The first-order valence-corrected chi connectivity index (χ1v) is 10.9. The van der Waals surface area contributed by atoms with Gasteiger partial charge in [-0.15, -0.1) is 0 Å². The number of anilines is 2. The average Bonchev–Trinajstić information content (AvgIpc) is 3.32. The Labute approximate surface area is 205 Å². The number of carbonyl (C=O) groups excluding carboxylic acids is 1. The molecule has 0 unspecified atom stereocenters. The summed E-state index contributed by atoms with van der Waals surface area (Å²) in [5.41, 5.74) is 3.44. The van der Waals surface area contributed by atoms with Crippen LogP contribution in [0, 0.1) is 5.82 Å². The molecule has 0 atom stereocenters. The van der Waals surface area contributed by atoms with Gasteiger partial charge in [-0.25, -0.2) is 18.9 Å². The average molecular weight is 482 g/mol. The van der Waals surface area contributed by atoms with Crippen molar-refractivity contribution in [2.24, 2.45) is 0 Å². The molecule has 0 saturated carbocycles. The number of hydrogen-bond acceptors (Lipinski definition) is 5. The van der Waals surface area contributed by atoms with E-state index in [9.17, 15) is 19.1 Å².